The van der Waals surface area contributed by atoms with Crippen LogP contribution < -0.4 is 0 Å². The Kier molecular flexibility index (Phi) is 56.7. The summed E-state index contributed by atoms with van der Waals surface area (Å²) in [5.74, 6) is -0.881. The molecule has 0 aromatic carbocycles. The zero-order valence-corrected chi connectivity index (χ0v) is 46.8. The summed E-state index contributed by atoms with van der Waals surface area (Å²) in [5.41, 5.74) is 0. The molecule has 6 heteroatoms. The van der Waals surface area contributed by atoms with Gasteiger partial charge in [-0.2, -0.15) is 0 Å². The van der Waals surface area contributed by atoms with Crippen LogP contribution in [0.4, 0.5) is 0 Å². The second-order valence-electron chi connectivity index (χ2n) is 20.6. The molecule has 0 rings (SSSR count). The molecule has 0 N–H and O–H groups in total. The first-order valence-electron chi connectivity index (χ1n) is 30.6. The molecule has 0 bridgehead atoms. The third-order valence-electron chi connectivity index (χ3n) is 13.6. The van der Waals surface area contributed by atoms with Gasteiger partial charge in [-0.05, 0) is 83.5 Å². The number of carbonyl (C=O) groups excluding carboxylic acids is 3. The van der Waals surface area contributed by atoms with Gasteiger partial charge in [0.25, 0.3) is 0 Å². The van der Waals surface area contributed by atoms with E-state index in [2.05, 4.69) is 69.4 Å². The number of carbonyl (C=O) groups is 3. The molecule has 0 aliphatic rings. The summed E-state index contributed by atoms with van der Waals surface area (Å²) >= 11 is 0. The summed E-state index contributed by atoms with van der Waals surface area (Å²) in [6, 6.07) is 0. The van der Waals surface area contributed by atoms with E-state index in [1.54, 1.807) is 0 Å². The fraction of sp³-hybridized carbons (Fsp3) is 0.828. The Morgan fingerprint density at radius 1 is 0.286 bits per heavy atom. The lowest BCUT2D eigenvalue weighted by molar-refractivity contribution is -0.167. The average molecular weight is 982 g/mol. The first-order valence-corrected chi connectivity index (χ1v) is 30.6. The average Bonchev–Trinajstić information content (AvgIpc) is 3.36. The maximum absolute atomic E-state index is 12.9. The summed E-state index contributed by atoms with van der Waals surface area (Å²) in [4.78, 5) is 38.2. The number of rotatable bonds is 56. The van der Waals surface area contributed by atoms with Gasteiger partial charge in [-0.1, -0.05) is 268 Å². The minimum absolute atomic E-state index is 0.0786. The molecule has 1 atom stereocenters. The van der Waals surface area contributed by atoms with Gasteiger partial charge >= 0.3 is 17.9 Å². The van der Waals surface area contributed by atoms with Crippen molar-refractivity contribution in [1.82, 2.24) is 0 Å². The van der Waals surface area contributed by atoms with Gasteiger partial charge in [-0.25, -0.2) is 0 Å². The number of hydrogen-bond acceptors (Lipinski definition) is 6. The molecule has 0 radical (unpaired) electrons. The van der Waals surface area contributed by atoms with Crippen LogP contribution >= 0.6 is 0 Å². The van der Waals surface area contributed by atoms with E-state index >= 15 is 0 Å². The Balaban J connectivity index is 4.37. The Morgan fingerprint density at radius 2 is 0.514 bits per heavy atom. The van der Waals surface area contributed by atoms with Crippen molar-refractivity contribution in [3.8, 4) is 0 Å². The van der Waals surface area contributed by atoms with Gasteiger partial charge in [0.05, 0.1) is 0 Å². The van der Waals surface area contributed by atoms with Crippen LogP contribution in [-0.2, 0) is 28.6 Å². The summed E-state index contributed by atoms with van der Waals surface area (Å²) in [5, 5.41) is 0. The highest BCUT2D eigenvalue weighted by atomic mass is 16.6. The van der Waals surface area contributed by atoms with E-state index in [4.69, 9.17) is 14.2 Å². The molecule has 6 nitrogen and oxygen atoms in total. The fourth-order valence-corrected chi connectivity index (χ4v) is 8.92. The molecule has 0 heterocycles. The van der Waals surface area contributed by atoms with Crippen LogP contribution in [0.15, 0.2) is 48.6 Å². The van der Waals surface area contributed by atoms with Gasteiger partial charge in [0.1, 0.15) is 13.2 Å². The Morgan fingerprint density at radius 3 is 0.814 bits per heavy atom. The molecule has 0 saturated heterocycles. The van der Waals surface area contributed by atoms with Gasteiger partial charge in [0, 0.05) is 19.3 Å². The van der Waals surface area contributed by atoms with E-state index in [0.29, 0.717) is 19.3 Å². The first kappa shape index (κ1) is 67.4. The number of allylic oxidation sites excluding steroid dienone is 8. The van der Waals surface area contributed by atoms with Gasteiger partial charge in [0.2, 0.25) is 0 Å². The topological polar surface area (TPSA) is 78.9 Å². The summed E-state index contributed by atoms with van der Waals surface area (Å²) in [7, 11) is 0. The Bertz CT molecular complexity index is 1220. The van der Waals surface area contributed by atoms with Crippen molar-refractivity contribution in [1.29, 1.82) is 0 Å². The third-order valence-corrected chi connectivity index (χ3v) is 13.6. The molecule has 0 saturated carbocycles. The molecular weight excluding hydrogens is 865 g/mol. The normalized spacial score (nSPS) is 12.3. The van der Waals surface area contributed by atoms with Crippen LogP contribution in [-0.4, -0.2) is 37.2 Å². The molecule has 0 fully saturated rings. The number of hydrogen-bond donors (Lipinski definition) is 0. The predicted molar refractivity (Wildman–Crippen MR) is 302 cm³/mol. The molecule has 408 valence electrons. The van der Waals surface area contributed by atoms with Gasteiger partial charge < -0.3 is 14.2 Å². The molecule has 0 amide bonds. The van der Waals surface area contributed by atoms with Crippen molar-refractivity contribution >= 4 is 17.9 Å². The minimum atomic E-state index is -0.780. The van der Waals surface area contributed by atoms with Gasteiger partial charge in [-0.15, -0.1) is 0 Å². The van der Waals surface area contributed by atoms with Crippen LogP contribution in [0.3, 0.4) is 0 Å². The molecule has 0 aromatic heterocycles. The Hall–Kier alpha value is -2.63. The van der Waals surface area contributed by atoms with Gasteiger partial charge in [0.15, 0.2) is 6.10 Å². The summed E-state index contributed by atoms with van der Waals surface area (Å²) in [6.45, 7) is 6.65. The smallest absolute Gasteiger partial charge is 0.306 e. The van der Waals surface area contributed by atoms with Crippen LogP contribution in [0.1, 0.15) is 323 Å². The van der Waals surface area contributed by atoms with Crippen molar-refractivity contribution < 1.29 is 28.6 Å². The quantitative estimate of drug-likeness (QED) is 0.0261. The molecule has 70 heavy (non-hydrogen) atoms. The maximum atomic E-state index is 12.9. The van der Waals surface area contributed by atoms with E-state index < -0.39 is 6.10 Å². The fourth-order valence-electron chi connectivity index (χ4n) is 8.92. The third kappa shape index (κ3) is 56.3. The maximum Gasteiger partial charge on any atom is 0.306 e. The van der Waals surface area contributed by atoms with E-state index in [1.165, 1.54) is 199 Å². The van der Waals surface area contributed by atoms with Gasteiger partial charge in [-0.3, -0.25) is 14.4 Å². The first-order chi connectivity index (χ1) is 34.5. The Labute approximate surface area is 435 Å². The number of unbranched alkanes of at least 4 members (excludes halogenated alkanes) is 37. The number of esters is 3. The highest BCUT2D eigenvalue weighted by Crippen LogP contribution is 2.16. The highest BCUT2D eigenvalue weighted by Gasteiger charge is 2.19. The molecule has 0 aliphatic heterocycles. The van der Waals surface area contributed by atoms with Crippen molar-refractivity contribution in [2.75, 3.05) is 13.2 Å². The van der Waals surface area contributed by atoms with Crippen LogP contribution in [0.5, 0.6) is 0 Å². The molecular formula is C64H116O6. The van der Waals surface area contributed by atoms with Crippen LogP contribution in [0.2, 0.25) is 0 Å². The molecule has 0 aromatic rings. The standard InChI is InChI=1S/C64H116O6/c1-4-7-10-13-16-19-22-25-28-30-31-32-33-34-37-39-42-45-48-51-54-57-63(66)69-60-61(59-68-62(65)56-53-50-47-44-41-38-35-27-24-21-18-15-12-9-6-3)70-64(67)58-55-52-49-46-43-40-36-29-26-23-20-17-14-11-8-5-2/h22,25,27,30-31,33-35,61H,4-21,23-24,26,28-29,32,36-60H2,1-3H3/b25-22-,31-30-,34-33-,35-27-. The SMILES string of the molecule is CCCCCCC/C=C\C/C=C\C/C=C\CCCCCCCCC(=O)OCC(COC(=O)CCCCCCC/C=C\CCCCCCCC)OC(=O)CCCCCCCCCCCCCCCCCC. The largest absolute Gasteiger partial charge is 0.462 e. The summed E-state index contributed by atoms with van der Waals surface area (Å²) < 4.78 is 16.9. The lowest BCUT2D eigenvalue weighted by atomic mass is 10.0. The van der Waals surface area contributed by atoms with Crippen molar-refractivity contribution in [3.05, 3.63) is 48.6 Å². The second kappa shape index (κ2) is 58.9. The van der Waals surface area contributed by atoms with E-state index in [-0.39, 0.29) is 31.1 Å². The molecule has 0 aliphatic carbocycles. The van der Waals surface area contributed by atoms with Crippen molar-refractivity contribution in [2.45, 2.75) is 329 Å². The number of ether oxygens (including phenoxy) is 3. The molecule has 0 spiro atoms. The summed E-state index contributed by atoms with van der Waals surface area (Å²) in [6.07, 6.45) is 72.4. The van der Waals surface area contributed by atoms with Crippen molar-refractivity contribution in [3.63, 3.8) is 0 Å². The zero-order chi connectivity index (χ0) is 50.7. The predicted octanol–water partition coefficient (Wildman–Crippen LogP) is 20.6. The highest BCUT2D eigenvalue weighted by molar-refractivity contribution is 5.71. The minimum Gasteiger partial charge on any atom is -0.462 e. The second-order valence-corrected chi connectivity index (χ2v) is 20.6. The van der Waals surface area contributed by atoms with E-state index in [9.17, 15) is 14.4 Å². The monoisotopic (exact) mass is 981 g/mol. The molecule has 1 unspecified atom stereocenters. The van der Waals surface area contributed by atoms with Crippen LogP contribution in [0, 0.1) is 0 Å². The van der Waals surface area contributed by atoms with Crippen LogP contribution in [0.25, 0.3) is 0 Å². The lowest BCUT2D eigenvalue weighted by Crippen LogP contribution is -2.30. The zero-order valence-electron chi connectivity index (χ0n) is 46.8. The lowest BCUT2D eigenvalue weighted by Gasteiger charge is -2.18. The van der Waals surface area contributed by atoms with E-state index in [0.717, 1.165) is 83.5 Å². The van der Waals surface area contributed by atoms with Crippen molar-refractivity contribution in [2.24, 2.45) is 0 Å². The van der Waals surface area contributed by atoms with E-state index in [1.807, 2.05) is 0 Å².